The van der Waals surface area contributed by atoms with Crippen molar-refractivity contribution in [3.63, 3.8) is 0 Å². The third-order valence-electron chi connectivity index (χ3n) is 2.97. The van der Waals surface area contributed by atoms with Gasteiger partial charge in [-0.2, -0.15) is 0 Å². The number of nitrogens with zero attached hydrogens (tertiary/aromatic N) is 2. The molecular formula is C12H21N3S. The van der Waals surface area contributed by atoms with Crippen LogP contribution in [-0.4, -0.2) is 24.6 Å². The first-order chi connectivity index (χ1) is 7.90. The number of anilines is 1. The summed E-state index contributed by atoms with van der Waals surface area (Å²) in [5.74, 6) is 0. The Morgan fingerprint density at radius 1 is 1.31 bits per heavy atom. The van der Waals surface area contributed by atoms with Crippen LogP contribution in [0.3, 0.4) is 0 Å². The maximum atomic E-state index is 4.70. The van der Waals surface area contributed by atoms with Crippen LogP contribution in [-0.2, 0) is 6.54 Å². The lowest BCUT2D eigenvalue weighted by atomic mass is 10.2. The van der Waals surface area contributed by atoms with E-state index in [0.29, 0.717) is 0 Å². The molecule has 0 unspecified atom stereocenters. The number of hydrogen-bond donors (Lipinski definition) is 1. The monoisotopic (exact) mass is 239 g/mol. The molecule has 2 rings (SSSR count). The smallest absolute Gasteiger partial charge is 0.185 e. The summed E-state index contributed by atoms with van der Waals surface area (Å²) in [6, 6.07) is 0. The van der Waals surface area contributed by atoms with E-state index in [0.717, 1.165) is 13.1 Å². The molecule has 4 heteroatoms. The minimum absolute atomic E-state index is 0.904. The van der Waals surface area contributed by atoms with E-state index < -0.39 is 0 Å². The maximum absolute atomic E-state index is 4.70. The minimum Gasteiger partial charge on any atom is -0.348 e. The first kappa shape index (κ1) is 11.9. The minimum atomic E-state index is 0.904. The molecule has 0 bridgehead atoms. The highest BCUT2D eigenvalue weighted by molar-refractivity contribution is 7.13. The first-order valence-electron chi connectivity index (χ1n) is 6.30. The zero-order valence-electron chi connectivity index (χ0n) is 10.0. The van der Waals surface area contributed by atoms with Crippen molar-refractivity contribution in [1.29, 1.82) is 0 Å². The van der Waals surface area contributed by atoms with Crippen molar-refractivity contribution < 1.29 is 0 Å². The Bertz CT molecular complexity index is 303. The molecule has 0 aromatic carbocycles. The molecule has 1 aliphatic heterocycles. The van der Waals surface area contributed by atoms with Crippen molar-refractivity contribution in [3.05, 3.63) is 11.1 Å². The number of nitrogens with one attached hydrogen (secondary N) is 1. The average molecular weight is 239 g/mol. The van der Waals surface area contributed by atoms with Crippen molar-refractivity contribution in [2.75, 3.05) is 24.5 Å². The second-order valence-electron chi connectivity index (χ2n) is 4.30. The Hall–Kier alpha value is -0.610. The van der Waals surface area contributed by atoms with Gasteiger partial charge in [-0.25, -0.2) is 4.98 Å². The lowest BCUT2D eigenvalue weighted by molar-refractivity contribution is 0.710. The molecule has 0 atom stereocenters. The molecule has 1 fully saturated rings. The lowest BCUT2D eigenvalue weighted by Crippen LogP contribution is -2.23. The van der Waals surface area contributed by atoms with Gasteiger partial charge in [-0.1, -0.05) is 19.8 Å². The zero-order chi connectivity index (χ0) is 11.2. The topological polar surface area (TPSA) is 28.2 Å². The van der Waals surface area contributed by atoms with Gasteiger partial charge in [0.15, 0.2) is 5.13 Å². The first-order valence-corrected chi connectivity index (χ1v) is 7.18. The van der Waals surface area contributed by atoms with Crippen molar-refractivity contribution in [3.8, 4) is 0 Å². The third-order valence-corrected chi connectivity index (χ3v) is 3.92. The molecule has 3 nitrogen and oxygen atoms in total. The Kier molecular flexibility index (Phi) is 4.60. The van der Waals surface area contributed by atoms with Gasteiger partial charge >= 0.3 is 0 Å². The summed E-state index contributed by atoms with van der Waals surface area (Å²) >= 11 is 1.79. The molecule has 1 saturated heterocycles. The highest BCUT2D eigenvalue weighted by atomic mass is 32.1. The number of hydrogen-bond acceptors (Lipinski definition) is 4. The fourth-order valence-electron chi connectivity index (χ4n) is 2.04. The van der Waals surface area contributed by atoms with Gasteiger partial charge in [0.05, 0.1) is 5.69 Å². The highest BCUT2D eigenvalue weighted by Gasteiger charge is 2.12. The standard InChI is InChI=1S/C12H21N3S/c1-2-13-9-11-10-16-12(14-11)15-7-5-3-4-6-8-15/h10,13H,2-9H2,1H3. The molecule has 1 N–H and O–H groups in total. The van der Waals surface area contributed by atoms with Crippen molar-refractivity contribution >= 4 is 16.5 Å². The van der Waals surface area contributed by atoms with E-state index in [-0.39, 0.29) is 0 Å². The normalized spacial score (nSPS) is 17.4. The SMILES string of the molecule is CCNCc1csc(N2CCCCCC2)n1. The van der Waals surface area contributed by atoms with E-state index in [1.807, 2.05) is 0 Å². The Balaban J connectivity index is 1.94. The molecule has 0 aliphatic carbocycles. The van der Waals surface area contributed by atoms with Gasteiger partial charge in [0.25, 0.3) is 0 Å². The van der Waals surface area contributed by atoms with Crippen LogP contribution in [0, 0.1) is 0 Å². The van der Waals surface area contributed by atoms with Gasteiger partial charge in [0, 0.05) is 25.0 Å². The van der Waals surface area contributed by atoms with E-state index in [2.05, 4.69) is 22.5 Å². The second kappa shape index (κ2) is 6.21. The predicted octanol–water partition coefficient (Wildman–Crippen LogP) is 2.63. The molecular weight excluding hydrogens is 218 g/mol. The van der Waals surface area contributed by atoms with Crippen LogP contribution >= 0.6 is 11.3 Å². The summed E-state index contributed by atoms with van der Waals surface area (Å²) < 4.78 is 0. The summed E-state index contributed by atoms with van der Waals surface area (Å²) in [5, 5.41) is 6.72. The molecule has 2 heterocycles. The van der Waals surface area contributed by atoms with Crippen LogP contribution in [0.25, 0.3) is 0 Å². The molecule has 1 aromatic rings. The third kappa shape index (κ3) is 3.19. The summed E-state index contributed by atoms with van der Waals surface area (Å²) in [7, 11) is 0. The Morgan fingerprint density at radius 3 is 2.75 bits per heavy atom. The Labute approximate surface area is 102 Å². The highest BCUT2D eigenvalue weighted by Crippen LogP contribution is 2.23. The number of thiazole rings is 1. The summed E-state index contributed by atoms with van der Waals surface area (Å²) in [6.07, 6.45) is 5.41. The molecule has 0 amide bonds. The molecule has 16 heavy (non-hydrogen) atoms. The molecule has 1 aliphatic rings. The molecule has 0 saturated carbocycles. The van der Waals surface area contributed by atoms with Crippen molar-refractivity contribution in [2.45, 2.75) is 39.2 Å². The predicted molar refractivity (Wildman–Crippen MR) is 70.2 cm³/mol. The fourth-order valence-corrected chi connectivity index (χ4v) is 2.92. The maximum Gasteiger partial charge on any atom is 0.185 e. The summed E-state index contributed by atoms with van der Waals surface area (Å²) in [6.45, 7) is 6.42. The van der Waals surface area contributed by atoms with Crippen LogP contribution in [0.4, 0.5) is 5.13 Å². The fraction of sp³-hybridized carbons (Fsp3) is 0.750. The van der Waals surface area contributed by atoms with Gasteiger partial charge in [0.2, 0.25) is 0 Å². The van der Waals surface area contributed by atoms with E-state index >= 15 is 0 Å². The van der Waals surface area contributed by atoms with E-state index in [4.69, 9.17) is 4.98 Å². The van der Waals surface area contributed by atoms with Crippen molar-refractivity contribution in [1.82, 2.24) is 10.3 Å². The second-order valence-corrected chi connectivity index (χ2v) is 5.14. The average Bonchev–Trinajstić information content (AvgIpc) is 2.60. The molecule has 1 aromatic heterocycles. The molecule has 90 valence electrons. The van der Waals surface area contributed by atoms with Gasteiger partial charge in [0.1, 0.15) is 0 Å². The van der Waals surface area contributed by atoms with Crippen LogP contribution in [0.5, 0.6) is 0 Å². The van der Waals surface area contributed by atoms with Crippen molar-refractivity contribution in [2.24, 2.45) is 0 Å². The summed E-state index contributed by atoms with van der Waals surface area (Å²) in [4.78, 5) is 7.15. The van der Waals surface area contributed by atoms with Gasteiger partial charge in [-0.3, -0.25) is 0 Å². The molecule has 0 spiro atoms. The van der Waals surface area contributed by atoms with E-state index in [9.17, 15) is 0 Å². The van der Waals surface area contributed by atoms with E-state index in [1.165, 1.54) is 49.6 Å². The van der Waals surface area contributed by atoms with E-state index in [1.54, 1.807) is 11.3 Å². The van der Waals surface area contributed by atoms with Gasteiger partial charge < -0.3 is 10.2 Å². The quantitative estimate of drug-likeness (QED) is 0.875. The van der Waals surface area contributed by atoms with Crippen LogP contribution in [0.1, 0.15) is 38.3 Å². The molecule has 0 radical (unpaired) electrons. The van der Waals surface area contributed by atoms with Gasteiger partial charge in [-0.15, -0.1) is 11.3 Å². The Morgan fingerprint density at radius 2 is 2.06 bits per heavy atom. The largest absolute Gasteiger partial charge is 0.348 e. The zero-order valence-corrected chi connectivity index (χ0v) is 10.9. The van der Waals surface area contributed by atoms with Gasteiger partial charge in [-0.05, 0) is 19.4 Å². The van der Waals surface area contributed by atoms with Crippen LogP contribution in [0.2, 0.25) is 0 Å². The van der Waals surface area contributed by atoms with Crippen LogP contribution < -0.4 is 10.2 Å². The summed E-state index contributed by atoms with van der Waals surface area (Å²) in [5.41, 5.74) is 1.19. The number of aromatic nitrogens is 1. The number of rotatable bonds is 4. The van der Waals surface area contributed by atoms with Crippen LogP contribution in [0.15, 0.2) is 5.38 Å². The lowest BCUT2D eigenvalue weighted by Gasteiger charge is -2.18.